The minimum atomic E-state index is -1.43. The quantitative estimate of drug-likeness (QED) is 0.604. The number of rotatable bonds is 3. The minimum absolute atomic E-state index is 0.0633. The second-order valence-corrected chi connectivity index (χ2v) is 6.42. The number of phenols is 1. The number of aromatic hydroxyl groups is 1. The first-order valence-corrected chi connectivity index (χ1v) is 7.76. The van der Waals surface area contributed by atoms with Crippen molar-refractivity contribution in [2.75, 3.05) is 14.2 Å². The second-order valence-electron chi connectivity index (χ2n) is 6.42. The van der Waals surface area contributed by atoms with E-state index in [1.54, 1.807) is 12.1 Å². The van der Waals surface area contributed by atoms with Crippen molar-refractivity contribution in [1.82, 2.24) is 10.2 Å². The summed E-state index contributed by atoms with van der Waals surface area (Å²) < 4.78 is 10.0. The summed E-state index contributed by atoms with van der Waals surface area (Å²) in [4.78, 5) is 24.8. The Morgan fingerprint density at radius 1 is 1.32 bits per heavy atom. The number of methoxy groups -OCH3 is 2. The van der Waals surface area contributed by atoms with Gasteiger partial charge in [-0.05, 0) is 24.6 Å². The summed E-state index contributed by atoms with van der Waals surface area (Å²) in [6.45, 7) is 1.54. The summed E-state index contributed by atoms with van der Waals surface area (Å²) in [5.41, 5.74) is -0.337. The first kappa shape index (κ1) is 17.1. The van der Waals surface area contributed by atoms with E-state index in [2.05, 4.69) is 10.2 Å². The summed E-state index contributed by atoms with van der Waals surface area (Å²) in [6.07, 6.45) is 0.104. The smallest absolute Gasteiger partial charge is 0.312 e. The number of aliphatic hydroxyl groups is 1. The van der Waals surface area contributed by atoms with Crippen molar-refractivity contribution >= 4 is 5.97 Å². The van der Waals surface area contributed by atoms with Gasteiger partial charge >= 0.3 is 5.97 Å². The van der Waals surface area contributed by atoms with Gasteiger partial charge in [-0.15, -0.1) is 0 Å². The van der Waals surface area contributed by atoms with Crippen LogP contribution >= 0.6 is 0 Å². The molecule has 0 saturated carbocycles. The lowest BCUT2D eigenvalue weighted by Crippen LogP contribution is -2.49. The van der Waals surface area contributed by atoms with Gasteiger partial charge in [0.25, 0.3) is 5.56 Å². The molecule has 8 heteroatoms. The fourth-order valence-corrected chi connectivity index (χ4v) is 3.63. The van der Waals surface area contributed by atoms with E-state index >= 15 is 0 Å². The monoisotopic (exact) mass is 348 g/mol. The lowest BCUT2D eigenvalue weighted by molar-refractivity contribution is -0.156. The van der Waals surface area contributed by atoms with Gasteiger partial charge in [0.15, 0.2) is 11.5 Å². The van der Waals surface area contributed by atoms with E-state index in [1.807, 2.05) is 0 Å². The molecule has 1 aliphatic carbocycles. The topological polar surface area (TPSA) is 125 Å². The number of carbonyl (C=O) groups is 1. The predicted molar refractivity (Wildman–Crippen MR) is 87.7 cm³/mol. The first-order chi connectivity index (χ1) is 11.8. The zero-order valence-electron chi connectivity index (χ0n) is 14.1. The highest BCUT2D eigenvalue weighted by Crippen LogP contribution is 2.45. The summed E-state index contributed by atoms with van der Waals surface area (Å²) in [7, 11) is 2.64. The highest BCUT2D eigenvalue weighted by atomic mass is 16.5. The molecule has 4 N–H and O–H groups in total. The van der Waals surface area contributed by atoms with Crippen molar-refractivity contribution in [3.05, 3.63) is 45.4 Å². The Labute approximate surface area is 143 Å². The van der Waals surface area contributed by atoms with Crippen molar-refractivity contribution in [3.8, 4) is 11.5 Å². The number of esters is 1. The molecule has 1 heterocycles. The third-order valence-electron chi connectivity index (χ3n) is 4.76. The van der Waals surface area contributed by atoms with Crippen LogP contribution in [-0.4, -0.2) is 46.2 Å². The van der Waals surface area contributed by atoms with Gasteiger partial charge in [0, 0.05) is 23.6 Å². The molecular weight excluding hydrogens is 328 g/mol. The predicted octanol–water partition coefficient (Wildman–Crippen LogP) is 0.645. The van der Waals surface area contributed by atoms with Gasteiger partial charge in [-0.25, -0.2) is 0 Å². The molecule has 2 aromatic rings. The lowest BCUT2D eigenvalue weighted by atomic mass is 9.66. The van der Waals surface area contributed by atoms with Gasteiger partial charge in [0.1, 0.15) is 0 Å². The largest absolute Gasteiger partial charge is 0.504 e. The van der Waals surface area contributed by atoms with E-state index < -0.39 is 23.4 Å². The number of nitrogens with one attached hydrogen (secondary N) is 2. The fraction of sp³-hybridized carbons (Fsp3) is 0.412. The van der Waals surface area contributed by atoms with Gasteiger partial charge in [-0.3, -0.25) is 14.7 Å². The van der Waals surface area contributed by atoms with Crippen molar-refractivity contribution in [2.45, 2.75) is 24.9 Å². The molecule has 0 amide bonds. The van der Waals surface area contributed by atoms with E-state index in [1.165, 1.54) is 27.2 Å². The highest BCUT2D eigenvalue weighted by molar-refractivity contribution is 5.77. The number of hydrogen-bond acceptors (Lipinski definition) is 6. The van der Waals surface area contributed by atoms with Crippen molar-refractivity contribution in [2.24, 2.45) is 5.92 Å². The van der Waals surface area contributed by atoms with Gasteiger partial charge in [-0.1, -0.05) is 6.07 Å². The van der Waals surface area contributed by atoms with E-state index in [-0.39, 0.29) is 23.5 Å². The number of ether oxygens (including phenoxy) is 2. The SMILES string of the molecule is COC(=O)[C@H]1[C@@H](c2ccc(O)c(OC)c2)c2c([nH][nH]c2=O)C[C@@]1(C)O. The van der Waals surface area contributed by atoms with Crippen LogP contribution in [0.4, 0.5) is 0 Å². The first-order valence-electron chi connectivity index (χ1n) is 7.76. The highest BCUT2D eigenvalue weighted by Gasteiger charge is 2.51. The van der Waals surface area contributed by atoms with Crippen molar-refractivity contribution in [1.29, 1.82) is 0 Å². The zero-order chi connectivity index (χ0) is 18.4. The van der Waals surface area contributed by atoms with Crippen LogP contribution in [0.1, 0.15) is 29.7 Å². The summed E-state index contributed by atoms with van der Waals surface area (Å²) in [5, 5.41) is 26.0. The molecule has 0 radical (unpaired) electrons. The number of H-pyrrole nitrogens is 2. The van der Waals surface area contributed by atoms with Gasteiger partial charge in [0.2, 0.25) is 0 Å². The molecule has 134 valence electrons. The number of hydrogen-bond donors (Lipinski definition) is 4. The molecule has 1 aliphatic rings. The molecule has 0 saturated heterocycles. The Balaban J connectivity index is 2.26. The van der Waals surface area contributed by atoms with Gasteiger partial charge in [-0.2, -0.15) is 0 Å². The third kappa shape index (κ3) is 2.68. The van der Waals surface area contributed by atoms with Crippen molar-refractivity contribution < 1.29 is 24.5 Å². The number of aromatic amines is 2. The molecule has 1 aromatic carbocycles. The van der Waals surface area contributed by atoms with Gasteiger partial charge in [0.05, 0.1) is 25.7 Å². The van der Waals surface area contributed by atoms with E-state index in [0.717, 1.165) is 0 Å². The molecule has 0 fully saturated rings. The molecule has 3 atom stereocenters. The molecule has 25 heavy (non-hydrogen) atoms. The molecule has 0 bridgehead atoms. The molecule has 0 unspecified atom stereocenters. The van der Waals surface area contributed by atoms with Crippen LogP contribution < -0.4 is 10.3 Å². The third-order valence-corrected chi connectivity index (χ3v) is 4.76. The number of fused-ring (bicyclic) bond motifs is 1. The summed E-state index contributed by atoms with van der Waals surface area (Å²) in [5.74, 6) is -2.22. The Bertz CT molecular complexity index is 866. The molecule has 1 aromatic heterocycles. The normalized spacial score (nSPS) is 25.3. The average molecular weight is 348 g/mol. The minimum Gasteiger partial charge on any atom is -0.504 e. The Hall–Kier alpha value is -2.74. The number of aromatic nitrogens is 2. The Kier molecular flexibility index (Phi) is 4.08. The lowest BCUT2D eigenvalue weighted by Gasteiger charge is -2.40. The van der Waals surface area contributed by atoms with Crippen LogP contribution in [0.5, 0.6) is 11.5 Å². The number of carbonyl (C=O) groups excluding carboxylic acids is 1. The maximum absolute atomic E-state index is 12.4. The van der Waals surface area contributed by atoms with Crippen LogP contribution in [-0.2, 0) is 16.0 Å². The van der Waals surface area contributed by atoms with E-state index in [4.69, 9.17) is 9.47 Å². The fourth-order valence-electron chi connectivity index (χ4n) is 3.63. The maximum atomic E-state index is 12.4. The van der Waals surface area contributed by atoms with Crippen LogP contribution in [0.25, 0.3) is 0 Å². The Morgan fingerprint density at radius 2 is 2.04 bits per heavy atom. The average Bonchev–Trinajstić information content (AvgIpc) is 2.92. The van der Waals surface area contributed by atoms with E-state index in [9.17, 15) is 19.8 Å². The molecule has 8 nitrogen and oxygen atoms in total. The summed E-state index contributed by atoms with van der Waals surface area (Å²) in [6, 6.07) is 4.57. The van der Waals surface area contributed by atoms with E-state index in [0.29, 0.717) is 16.8 Å². The van der Waals surface area contributed by atoms with Crippen LogP contribution in [0.2, 0.25) is 0 Å². The van der Waals surface area contributed by atoms with Gasteiger partial charge < -0.3 is 24.8 Å². The molecule has 0 aliphatic heterocycles. The summed E-state index contributed by atoms with van der Waals surface area (Å²) >= 11 is 0. The molecule has 3 rings (SSSR count). The van der Waals surface area contributed by atoms with Crippen molar-refractivity contribution in [3.63, 3.8) is 0 Å². The van der Waals surface area contributed by atoms with Crippen LogP contribution in [0, 0.1) is 5.92 Å². The van der Waals surface area contributed by atoms with Crippen LogP contribution in [0.3, 0.4) is 0 Å². The van der Waals surface area contributed by atoms with Crippen LogP contribution in [0.15, 0.2) is 23.0 Å². The zero-order valence-corrected chi connectivity index (χ0v) is 14.1. The number of benzene rings is 1. The standard InChI is InChI=1S/C17H20N2O6/c1-17(23)7-9-13(15(21)19-18-9)12(14(17)16(22)25-3)8-4-5-10(20)11(6-8)24-2/h4-6,12,14,20,23H,7H2,1-3H3,(H2,18,19,21)/t12-,14+,17+/m0/s1. The Morgan fingerprint density at radius 3 is 2.68 bits per heavy atom. The second kappa shape index (κ2) is 5.96. The molecule has 0 spiro atoms. The molecular formula is C17H20N2O6. The maximum Gasteiger partial charge on any atom is 0.312 e. The number of phenolic OH excluding ortho intramolecular Hbond substituents is 1.